The normalized spacial score (nSPS) is 17.1. The lowest BCUT2D eigenvalue weighted by Gasteiger charge is -2.18. The summed E-state index contributed by atoms with van der Waals surface area (Å²) in [5.41, 5.74) is 0.997. The Bertz CT molecular complexity index is 410. The molecule has 1 fully saturated rings. The molecule has 0 saturated heterocycles. The predicted molar refractivity (Wildman–Crippen MR) is 63.7 cm³/mol. The first-order valence-electron chi connectivity index (χ1n) is 5.63. The van der Waals surface area contributed by atoms with E-state index in [4.69, 9.17) is 4.74 Å². The first-order valence-corrected chi connectivity index (χ1v) is 5.63. The first kappa shape index (κ1) is 11.2. The Morgan fingerprint density at radius 1 is 1.56 bits per heavy atom. The Morgan fingerprint density at radius 3 is 2.88 bits per heavy atom. The Hall–Kier alpha value is -1.29. The van der Waals surface area contributed by atoms with E-state index in [2.05, 4.69) is 5.32 Å². The summed E-state index contributed by atoms with van der Waals surface area (Å²) in [6.07, 6.45) is 4.37. The molecule has 1 atom stereocenters. The van der Waals surface area contributed by atoms with Gasteiger partial charge < -0.3 is 14.6 Å². The van der Waals surface area contributed by atoms with Gasteiger partial charge in [-0.15, -0.1) is 0 Å². The number of hydrogen-bond donors (Lipinski definition) is 1. The van der Waals surface area contributed by atoms with Crippen molar-refractivity contribution in [3.8, 4) is 0 Å². The van der Waals surface area contributed by atoms with Gasteiger partial charge in [0, 0.05) is 26.4 Å². The number of nitrogens with zero attached hydrogens (tertiary/aromatic N) is 1. The maximum absolute atomic E-state index is 11.2. The predicted octanol–water partition coefficient (Wildman–Crippen LogP) is 1.22. The second kappa shape index (κ2) is 4.70. The Balaban J connectivity index is 2.05. The average Bonchev–Trinajstić information content (AvgIpc) is 3.06. The van der Waals surface area contributed by atoms with Gasteiger partial charge in [0.2, 0.25) is 5.56 Å². The summed E-state index contributed by atoms with van der Waals surface area (Å²) in [5, 5.41) is 3.43. The molecule has 2 rings (SSSR count). The van der Waals surface area contributed by atoms with Crippen LogP contribution in [0, 0.1) is 5.92 Å². The van der Waals surface area contributed by atoms with E-state index >= 15 is 0 Å². The minimum absolute atomic E-state index is 0.0141. The third-order valence-electron chi connectivity index (χ3n) is 2.98. The Morgan fingerprint density at radius 2 is 2.31 bits per heavy atom. The number of anilines is 1. The quantitative estimate of drug-likeness (QED) is 0.814. The molecule has 0 amide bonds. The van der Waals surface area contributed by atoms with Gasteiger partial charge >= 0.3 is 0 Å². The molecule has 0 aliphatic heterocycles. The topological polar surface area (TPSA) is 43.3 Å². The smallest absolute Gasteiger partial charge is 0.250 e. The summed E-state index contributed by atoms with van der Waals surface area (Å²) in [6, 6.07) is 3.77. The van der Waals surface area contributed by atoms with Crippen molar-refractivity contribution in [1.29, 1.82) is 0 Å². The summed E-state index contributed by atoms with van der Waals surface area (Å²) in [5.74, 6) is 0.720. The van der Waals surface area contributed by atoms with Crippen molar-refractivity contribution < 1.29 is 4.74 Å². The van der Waals surface area contributed by atoms with Crippen molar-refractivity contribution in [2.24, 2.45) is 13.0 Å². The average molecular weight is 222 g/mol. The van der Waals surface area contributed by atoms with Gasteiger partial charge in [0.15, 0.2) is 0 Å². The highest BCUT2D eigenvalue weighted by atomic mass is 16.5. The van der Waals surface area contributed by atoms with E-state index in [9.17, 15) is 4.79 Å². The summed E-state index contributed by atoms with van der Waals surface area (Å²) in [7, 11) is 3.48. The molecule has 16 heavy (non-hydrogen) atoms. The summed E-state index contributed by atoms with van der Waals surface area (Å²) >= 11 is 0. The summed E-state index contributed by atoms with van der Waals surface area (Å²) in [6.45, 7) is 0.716. The molecule has 0 radical (unpaired) electrons. The molecular formula is C12H18N2O2. The van der Waals surface area contributed by atoms with E-state index in [1.165, 1.54) is 12.8 Å². The minimum atomic E-state index is 0.0141. The van der Waals surface area contributed by atoms with Gasteiger partial charge in [0.1, 0.15) is 0 Å². The molecule has 1 aromatic heterocycles. The molecule has 0 bridgehead atoms. The largest absolute Gasteiger partial charge is 0.383 e. The van der Waals surface area contributed by atoms with E-state index in [0.717, 1.165) is 11.6 Å². The number of pyridine rings is 1. The summed E-state index contributed by atoms with van der Waals surface area (Å²) in [4.78, 5) is 11.2. The summed E-state index contributed by atoms with van der Waals surface area (Å²) < 4.78 is 6.78. The third kappa shape index (κ3) is 2.64. The number of ether oxygens (including phenoxy) is 1. The van der Waals surface area contributed by atoms with E-state index < -0.39 is 0 Å². The maximum Gasteiger partial charge on any atom is 0.250 e. The number of aryl methyl sites for hydroxylation is 1. The highest BCUT2D eigenvalue weighted by Crippen LogP contribution is 2.34. The molecule has 4 nitrogen and oxygen atoms in total. The fourth-order valence-electron chi connectivity index (χ4n) is 1.87. The zero-order valence-corrected chi connectivity index (χ0v) is 9.77. The van der Waals surface area contributed by atoms with Crippen molar-refractivity contribution >= 4 is 5.69 Å². The fraction of sp³-hybridized carbons (Fsp3) is 0.583. The number of rotatable bonds is 5. The highest BCUT2D eigenvalue weighted by molar-refractivity contribution is 5.41. The van der Waals surface area contributed by atoms with Crippen molar-refractivity contribution in [3.63, 3.8) is 0 Å². The molecule has 1 aromatic rings. The van der Waals surface area contributed by atoms with Gasteiger partial charge in [-0.2, -0.15) is 0 Å². The molecule has 88 valence electrons. The lowest BCUT2D eigenvalue weighted by atomic mass is 10.2. The van der Waals surface area contributed by atoms with Crippen LogP contribution in [0.2, 0.25) is 0 Å². The molecule has 1 aliphatic rings. The standard InChI is InChI=1S/C12H18N2O2/c1-14-7-10(5-6-12(14)15)13-11(8-16-2)9-3-4-9/h5-7,9,11,13H,3-4,8H2,1-2H3. The molecule has 1 N–H and O–H groups in total. The molecule has 4 heteroatoms. The van der Waals surface area contributed by atoms with Gasteiger partial charge in [-0.1, -0.05) is 0 Å². The third-order valence-corrected chi connectivity index (χ3v) is 2.98. The maximum atomic E-state index is 11.2. The lowest BCUT2D eigenvalue weighted by molar-refractivity contribution is 0.179. The molecule has 0 spiro atoms. The SMILES string of the molecule is COCC(Nc1ccc(=O)n(C)c1)C1CC1. The highest BCUT2D eigenvalue weighted by Gasteiger charge is 2.31. The number of aromatic nitrogens is 1. The monoisotopic (exact) mass is 222 g/mol. The second-order valence-corrected chi connectivity index (χ2v) is 4.41. The molecule has 1 heterocycles. The van der Waals surface area contributed by atoms with Gasteiger partial charge in [0.05, 0.1) is 18.3 Å². The van der Waals surface area contributed by atoms with Crippen LogP contribution in [0.5, 0.6) is 0 Å². The second-order valence-electron chi connectivity index (χ2n) is 4.41. The molecule has 0 aromatic carbocycles. The molecule has 1 aliphatic carbocycles. The van der Waals surface area contributed by atoms with Crippen molar-refractivity contribution in [3.05, 3.63) is 28.7 Å². The fourth-order valence-corrected chi connectivity index (χ4v) is 1.87. The van der Waals surface area contributed by atoms with Crippen LogP contribution in [0.4, 0.5) is 5.69 Å². The van der Waals surface area contributed by atoms with Crippen LogP contribution in [-0.2, 0) is 11.8 Å². The van der Waals surface area contributed by atoms with Gasteiger partial charge in [-0.3, -0.25) is 4.79 Å². The Labute approximate surface area is 95.2 Å². The zero-order chi connectivity index (χ0) is 11.5. The van der Waals surface area contributed by atoms with Crippen molar-refractivity contribution in [1.82, 2.24) is 4.57 Å². The van der Waals surface area contributed by atoms with Gasteiger partial charge in [-0.05, 0) is 24.8 Å². The van der Waals surface area contributed by atoms with Gasteiger partial charge in [0.25, 0.3) is 0 Å². The Kier molecular flexibility index (Phi) is 3.29. The first-order chi connectivity index (χ1) is 7.70. The molecule has 1 unspecified atom stereocenters. The van der Waals surface area contributed by atoms with E-state index in [-0.39, 0.29) is 5.56 Å². The number of methoxy groups -OCH3 is 1. The van der Waals surface area contributed by atoms with Crippen LogP contribution in [0.3, 0.4) is 0 Å². The van der Waals surface area contributed by atoms with E-state index in [0.29, 0.717) is 12.6 Å². The van der Waals surface area contributed by atoms with Crippen LogP contribution in [0.15, 0.2) is 23.1 Å². The molecular weight excluding hydrogens is 204 g/mol. The van der Waals surface area contributed by atoms with Crippen molar-refractivity contribution in [2.75, 3.05) is 19.0 Å². The van der Waals surface area contributed by atoms with E-state index in [1.807, 2.05) is 12.3 Å². The number of hydrogen-bond acceptors (Lipinski definition) is 3. The van der Waals surface area contributed by atoms with Crippen LogP contribution in [0.25, 0.3) is 0 Å². The van der Waals surface area contributed by atoms with E-state index in [1.54, 1.807) is 24.8 Å². The van der Waals surface area contributed by atoms with Crippen LogP contribution in [0.1, 0.15) is 12.8 Å². The van der Waals surface area contributed by atoms with Crippen LogP contribution >= 0.6 is 0 Å². The van der Waals surface area contributed by atoms with Crippen LogP contribution in [-0.4, -0.2) is 24.3 Å². The molecule has 1 saturated carbocycles. The van der Waals surface area contributed by atoms with Crippen LogP contribution < -0.4 is 10.9 Å². The lowest BCUT2D eigenvalue weighted by Crippen LogP contribution is -2.28. The van der Waals surface area contributed by atoms with Crippen molar-refractivity contribution in [2.45, 2.75) is 18.9 Å². The zero-order valence-electron chi connectivity index (χ0n) is 9.77. The minimum Gasteiger partial charge on any atom is -0.383 e. The van der Waals surface area contributed by atoms with Gasteiger partial charge in [-0.25, -0.2) is 0 Å². The number of nitrogens with one attached hydrogen (secondary N) is 1.